The Morgan fingerprint density at radius 3 is 2.52 bits per heavy atom. The number of hydrogen-bond donors (Lipinski definition) is 2. The number of carbonyl (C=O) groups is 1. The van der Waals surface area contributed by atoms with E-state index in [2.05, 4.69) is 6.92 Å². The summed E-state index contributed by atoms with van der Waals surface area (Å²) in [5.41, 5.74) is 0. The fraction of sp³-hybridized carbons (Fsp3) is 0.842. The highest BCUT2D eigenvalue weighted by Gasteiger charge is 2.35. The summed E-state index contributed by atoms with van der Waals surface area (Å²) in [7, 11) is 0. The maximum atomic E-state index is 10.7. The minimum atomic E-state index is -0.692. The lowest BCUT2D eigenvalue weighted by molar-refractivity contribution is -0.141. The van der Waals surface area contributed by atoms with E-state index in [0.29, 0.717) is 6.10 Å². The van der Waals surface area contributed by atoms with Gasteiger partial charge in [-0.2, -0.15) is 0 Å². The largest absolute Gasteiger partial charge is 0.481 e. The Morgan fingerprint density at radius 2 is 1.83 bits per heavy atom. The first kappa shape index (κ1) is 20.2. The van der Waals surface area contributed by atoms with Gasteiger partial charge in [0.25, 0.3) is 0 Å². The average Bonchev–Trinajstić information content (AvgIpc) is 3.27. The molecule has 4 atom stereocenters. The topological polar surface area (TPSA) is 70.1 Å². The molecule has 1 unspecified atom stereocenters. The van der Waals surface area contributed by atoms with Crippen molar-refractivity contribution in [1.82, 2.24) is 0 Å². The number of ether oxygens (including phenoxy) is 1. The quantitative estimate of drug-likeness (QED) is 0.283. The molecule has 4 nitrogen and oxygen atoms in total. The Hall–Kier alpha value is -0.870. The minimum Gasteiger partial charge on any atom is -0.481 e. The van der Waals surface area contributed by atoms with Crippen molar-refractivity contribution < 1.29 is 19.7 Å². The lowest BCUT2D eigenvalue weighted by Gasteiger charge is -2.05. The zero-order chi connectivity index (χ0) is 17.1. The molecule has 0 saturated carbocycles. The molecule has 2 N–H and O–H groups in total. The maximum Gasteiger partial charge on any atom is 0.306 e. The van der Waals surface area contributed by atoms with E-state index in [9.17, 15) is 9.90 Å². The van der Waals surface area contributed by atoms with Crippen molar-refractivity contribution in [3.8, 4) is 0 Å². The summed E-state index contributed by atoms with van der Waals surface area (Å²) in [4.78, 5) is 10.7. The van der Waals surface area contributed by atoms with E-state index in [4.69, 9.17) is 9.84 Å². The predicted octanol–water partition coefficient (Wildman–Crippen LogP) is 4.31. The molecule has 0 aliphatic carbocycles. The van der Waals surface area contributed by atoms with Crippen LogP contribution in [0.4, 0.5) is 0 Å². The van der Waals surface area contributed by atoms with Crippen molar-refractivity contribution in [2.75, 3.05) is 0 Å². The van der Waals surface area contributed by atoms with Gasteiger partial charge in [0, 0.05) is 0 Å². The highest BCUT2D eigenvalue weighted by Crippen LogP contribution is 2.29. The van der Waals surface area contributed by atoms with Crippen LogP contribution in [0.15, 0.2) is 12.2 Å². The van der Waals surface area contributed by atoms with Crippen LogP contribution in [0.25, 0.3) is 0 Å². The van der Waals surface area contributed by atoms with Crippen molar-refractivity contribution in [2.45, 2.75) is 96.4 Å². The third-order valence-corrected chi connectivity index (χ3v) is 4.55. The molecule has 4 heteroatoms. The van der Waals surface area contributed by atoms with Crippen LogP contribution in [0.3, 0.4) is 0 Å². The van der Waals surface area contributed by atoms with Crippen LogP contribution < -0.4 is 0 Å². The molecule has 1 heterocycles. The molecule has 0 radical (unpaired) electrons. The van der Waals surface area contributed by atoms with Gasteiger partial charge < -0.3 is 14.9 Å². The molecular weight excluding hydrogens is 292 g/mol. The van der Waals surface area contributed by atoms with Crippen LogP contribution in [-0.4, -0.2) is 34.5 Å². The Labute approximate surface area is 140 Å². The predicted molar refractivity (Wildman–Crippen MR) is 92.5 cm³/mol. The Kier molecular flexibility index (Phi) is 10.2. The molecule has 1 rings (SSSR count). The van der Waals surface area contributed by atoms with Gasteiger partial charge in [0.2, 0.25) is 0 Å². The lowest BCUT2D eigenvalue weighted by Crippen LogP contribution is -2.08. The smallest absolute Gasteiger partial charge is 0.306 e. The molecule has 0 aromatic carbocycles. The van der Waals surface area contributed by atoms with Crippen LogP contribution in [0.1, 0.15) is 78.1 Å². The summed E-state index contributed by atoms with van der Waals surface area (Å²) in [5.74, 6) is -0.914. The zero-order valence-corrected chi connectivity index (χ0v) is 14.7. The lowest BCUT2D eigenvalue weighted by atomic mass is 10.0. The second-order valence-corrected chi connectivity index (χ2v) is 6.82. The molecule has 1 aliphatic heterocycles. The summed E-state index contributed by atoms with van der Waals surface area (Å²) in [6.45, 7) is 3.94. The van der Waals surface area contributed by atoms with E-state index < -0.39 is 5.97 Å². The van der Waals surface area contributed by atoms with Crippen LogP contribution in [0.5, 0.6) is 0 Å². The van der Waals surface area contributed by atoms with Gasteiger partial charge in [-0.15, -0.1) is 0 Å². The number of rotatable bonds is 14. The monoisotopic (exact) mass is 326 g/mol. The molecule has 0 spiro atoms. The van der Waals surface area contributed by atoms with Gasteiger partial charge in [-0.1, -0.05) is 70.9 Å². The molecule has 0 aromatic heterocycles. The zero-order valence-electron chi connectivity index (χ0n) is 14.7. The fourth-order valence-electron chi connectivity index (χ4n) is 2.77. The summed E-state index contributed by atoms with van der Waals surface area (Å²) in [6.07, 6.45) is 14.6. The van der Waals surface area contributed by atoms with Gasteiger partial charge in [-0.05, 0) is 19.3 Å². The minimum absolute atomic E-state index is 0.197. The highest BCUT2D eigenvalue weighted by molar-refractivity contribution is 5.69. The van der Waals surface area contributed by atoms with E-state index in [1.165, 1.54) is 12.8 Å². The molecule has 1 aliphatic rings. The average molecular weight is 326 g/mol. The molecule has 134 valence electrons. The van der Waals surface area contributed by atoms with E-state index in [1.807, 2.05) is 12.2 Å². The fourth-order valence-corrected chi connectivity index (χ4v) is 2.77. The third kappa shape index (κ3) is 9.77. The number of hydrogen-bond acceptors (Lipinski definition) is 3. The number of aliphatic hydroxyl groups is 1. The summed E-state index contributed by atoms with van der Waals surface area (Å²) in [5, 5.41) is 18.6. The summed E-state index contributed by atoms with van der Waals surface area (Å²) >= 11 is 0. The second kappa shape index (κ2) is 11.6. The first-order valence-corrected chi connectivity index (χ1v) is 9.29. The Bertz CT molecular complexity index is 353. The number of carboxylic acid groups (broad SMARTS) is 1. The second-order valence-electron chi connectivity index (χ2n) is 6.82. The summed E-state index contributed by atoms with van der Waals surface area (Å²) < 4.78 is 5.59. The van der Waals surface area contributed by atoms with Gasteiger partial charge in [0.15, 0.2) is 0 Å². The van der Waals surface area contributed by atoms with Gasteiger partial charge in [0.1, 0.15) is 6.10 Å². The maximum absolute atomic E-state index is 10.7. The first-order chi connectivity index (χ1) is 11.0. The molecule has 0 bridgehead atoms. The Balaban J connectivity index is 1.95. The van der Waals surface area contributed by atoms with Crippen molar-refractivity contribution in [3.05, 3.63) is 12.2 Å². The SMILES string of the molecule is CCCCC[C@H](O)/C=C/[C@H]1O[C@H]1CCCCCCC(C)C(=O)O. The number of aliphatic hydroxyl groups excluding tert-OH is 1. The molecule has 23 heavy (non-hydrogen) atoms. The summed E-state index contributed by atoms with van der Waals surface area (Å²) in [6, 6.07) is 0. The molecule has 1 saturated heterocycles. The Morgan fingerprint density at radius 1 is 1.13 bits per heavy atom. The highest BCUT2D eigenvalue weighted by atomic mass is 16.6. The van der Waals surface area contributed by atoms with Gasteiger partial charge >= 0.3 is 5.97 Å². The van der Waals surface area contributed by atoms with Crippen LogP contribution in [0, 0.1) is 5.92 Å². The number of carboxylic acids is 1. The van der Waals surface area contributed by atoms with E-state index >= 15 is 0 Å². The standard InChI is InChI=1S/C19H34O4/c1-3-4-7-11-16(20)13-14-18-17(23-18)12-9-6-5-8-10-15(2)19(21)22/h13-18,20H,3-12H2,1-2H3,(H,21,22)/b14-13+/t15?,16-,17-,18+/m0/s1. The van der Waals surface area contributed by atoms with Gasteiger partial charge in [0.05, 0.1) is 18.1 Å². The third-order valence-electron chi connectivity index (χ3n) is 4.55. The first-order valence-electron chi connectivity index (χ1n) is 9.29. The molecular formula is C19H34O4. The molecule has 0 aromatic rings. The van der Waals surface area contributed by atoms with Crippen molar-refractivity contribution >= 4 is 5.97 Å². The van der Waals surface area contributed by atoms with E-state index in [0.717, 1.165) is 51.4 Å². The number of unbranched alkanes of at least 4 members (excludes halogenated alkanes) is 5. The normalized spacial score (nSPS) is 23.1. The number of aliphatic carboxylic acids is 1. The van der Waals surface area contributed by atoms with Gasteiger partial charge in [-0.25, -0.2) is 0 Å². The van der Waals surface area contributed by atoms with Crippen LogP contribution in [0.2, 0.25) is 0 Å². The van der Waals surface area contributed by atoms with Crippen LogP contribution >= 0.6 is 0 Å². The van der Waals surface area contributed by atoms with Gasteiger partial charge in [-0.3, -0.25) is 4.79 Å². The van der Waals surface area contributed by atoms with E-state index in [1.54, 1.807) is 6.92 Å². The number of epoxide rings is 1. The molecule has 0 amide bonds. The van der Waals surface area contributed by atoms with Crippen molar-refractivity contribution in [2.24, 2.45) is 5.92 Å². The van der Waals surface area contributed by atoms with E-state index in [-0.39, 0.29) is 18.1 Å². The van der Waals surface area contributed by atoms with Crippen molar-refractivity contribution in [3.63, 3.8) is 0 Å². The van der Waals surface area contributed by atoms with Crippen LogP contribution in [-0.2, 0) is 9.53 Å². The molecule has 1 fully saturated rings. The van der Waals surface area contributed by atoms with Crippen molar-refractivity contribution in [1.29, 1.82) is 0 Å².